The average Bonchev–Trinajstić information content (AvgIpc) is 3.33. The van der Waals surface area contributed by atoms with E-state index in [4.69, 9.17) is 23.7 Å². The predicted octanol–water partition coefficient (Wildman–Crippen LogP) is 4.74. The number of benzene rings is 2. The van der Waals surface area contributed by atoms with Gasteiger partial charge in [0.1, 0.15) is 30.3 Å². The van der Waals surface area contributed by atoms with Gasteiger partial charge in [-0.2, -0.15) is 0 Å². The van der Waals surface area contributed by atoms with Crippen LogP contribution in [0.25, 0.3) is 0 Å². The van der Waals surface area contributed by atoms with E-state index in [1.54, 1.807) is 7.11 Å². The fourth-order valence-electron chi connectivity index (χ4n) is 4.84. The Hall–Kier alpha value is -3.36. The van der Waals surface area contributed by atoms with Crippen molar-refractivity contribution in [2.24, 2.45) is 0 Å². The quantitative estimate of drug-likeness (QED) is 0.308. The summed E-state index contributed by atoms with van der Waals surface area (Å²) in [7, 11) is 1.62. The molecule has 2 aliphatic rings. The Labute approximate surface area is 224 Å². The molecule has 1 saturated heterocycles. The molecule has 4 rings (SSSR count). The number of ether oxygens (including phenoxy) is 5. The summed E-state index contributed by atoms with van der Waals surface area (Å²) in [5.74, 6) is 0.578. The van der Waals surface area contributed by atoms with Gasteiger partial charge in [-0.25, -0.2) is 4.79 Å². The first-order valence-electron chi connectivity index (χ1n) is 13.1. The van der Waals surface area contributed by atoms with Crippen LogP contribution in [-0.2, 0) is 38.6 Å². The van der Waals surface area contributed by atoms with E-state index in [0.29, 0.717) is 56.1 Å². The average molecular weight is 524 g/mol. The lowest BCUT2D eigenvalue weighted by Crippen LogP contribution is -2.44. The summed E-state index contributed by atoms with van der Waals surface area (Å²) in [4.78, 5) is 27.3. The third kappa shape index (κ3) is 6.55. The van der Waals surface area contributed by atoms with Gasteiger partial charge in [0.15, 0.2) is 6.23 Å². The Balaban J connectivity index is 1.47. The minimum absolute atomic E-state index is 0.207. The molecular weight excluding hydrogens is 486 g/mol. The summed E-state index contributed by atoms with van der Waals surface area (Å²) in [6.07, 6.45) is 3.14. The molecule has 0 amide bonds. The van der Waals surface area contributed by atoms with Crippen LogP contribution in [0.2, 0.25) is 0 Å². The number of hydrogen-bond donors (Lipinski definition) is 0. The summed E-state index contributed by atoms with van der Waals surface area (Å²) < 4.78 is 28.4. The van der Waals surface area contributed by atoms with Crippen molar-refractivity contribution >= 4 is 11.9 Å². The Bertz CT molecular complexity index is 1170. The van der Waals surface area contributed by atoms with Crippen LogP contribution in [0.5, 0.6) is 11.5 Å². The topological polar surface area (TPSA) is 83.5 Å². The van der Waals surface area contributed by atoms with Gasteiger partial charge in [-0.1, -0.05) is 42.0 Å². The second-order valence-electron chi connectivity index (χ2n) is 9.66. The van der Waals surface area contributed by atoms with Gasteiger partial charge in [0.2, 0.25) is 0 Å². The van der Waals surface area contributed by atoms with Crippen LogP contribution in [0.1, 0.15) is 59.3 Å². The van der Waals surface area contributed by atoms with E-state index in [-0.39, 0.29) is 24.8 Å². The number of nitrogens with zero attached hydrogens (tertiary/aromatic N) is 1. The molecule has 1 unspecified atom stereocenters. The van der Waals surface area contributed by atoms with Crippen LogP contribution in [-0.4, -0.2) is 56.5 Å². The maximum atomic E-state index is 12.7. The van der Waals surface area contributed by atoms with Crippen LogP contribution in [0.4, 0.5) is 0 Å². The zero-order valence-electron chi connectivity index (χ0n) is 22.7. The molecule has 0 bridgehead atoms. The highest BCUT2D eigenvalue weighted by Crippen LogP contribution is 2.43. The number of fused-ring (bicyclic) bond motifs is 1. The van der Waals surface area contributed by atoms with Gasteiger partial charge < -0.3 is 23.7 Å². The molecule has 2 heterocycles. The molecule has 204 valence electrons. The van der Waals surface area contributed by atoms with Gasteiger partial charge in [-0.05, 0) is 44.7 Å². The molecule has 0 radical (unpaired) electrons. The Kier molecular flexibility index (Phi) is 9.42. The van der Waals surface area contributed by atoms with E-state index in [9.17, 15) is 9.59 Å². The number of hydrogen-bond acceptors (Lipinski definition) is 8. The molecule has 8 nitrogen and oxygen atoms in total. The summed E-state index contributed by atoms with van der Waals surface area (Å²) in [5.41, 5.74) is 4.98. The molecule has 2 aromatic rings. The predicted molar refractivity (Wildman–Crippen MR) is 142 cm³/mol. The fourth-order valence-corrected chi connectivity index (χ4v) is 4.84. The third-order valence-corrected chi connectivity index (χ3v) is 7.09. The van der Waals surface area contributed by atoms with Crippen LogP contribution in [0, 0.1) is 6.92 Å². The normalized spacial score (nSPS) is 16.5. The van der Waals surface area contributed by atoms with Crippen molar-refractivity contribution in [3.8, 4) is 11.5 Å². The molecule has 0 spiro atoms. The molecule has 1 fully saturated rings. The minimum atomic E-state index is -0.382. The maximum absolute atomic E-state index is 12.7. The van der Waals surface area contributed by atoms with Gasteiger partial charge in [0, 0.05) is 30.6 Å². The van der Waals surface area contributed by atoms with Crippen molar-refractivity contribution in [2.45, 2.75) is 59.5 Å². The van der Waals surface area contributed by atoms with Crippen LogP contribution < -0.4 is 9.47 Å². The number of cyclic esters (lactones) is 1. The van der Waals surface area contributed by atoms with E-state index in [1.165, 1.54) is 0 Å². The number of carbonyl (C=O) groups excluding carboxylic acids is 2. The number of carbonyl (C=O) groups is 2. The van der Waals surface area contributed by atoms with Crippen molar-refractivity contribution in [2.75, 3.05) is 33.4 Å². The van der Waals surface area contributed by atoms with E-state index < -0.39 is 0 Å². The number of allylic oxidation sites excluding steroid dienone is 2. The second-order valence-corrected chi connectivity index (χ2v) is 9.66. The lowest BCUT2D eigenvalue weighted by Gasteiger charge is -2.31. The van der Waals surface area contributed by atoms with Crippen molar-refractivity contribution in [1.29, 1.82) is 0 Å². The number of esters is 2. The van der Waals surface area contributed by atoms with Crippen LogP contribution in [0.15, 0.2) is 42.0 Å². The molecule has 2 aliphatic heterocycles. The lowest BCUT2D eigenvalue weighted by molar-refractivity contribution is -0.161. The van der Waals surface area contributed by atoms with E-state index in [0.717, 1.165) is 40.9 Å². The van der Waals surface area contributed by atoms with Gasteiger partial charge in [-0.3, -0.25) is 9.69 Å². The Morgan fingerprint density at radius 2 is 1.87 bits per heavy atom. The van der Waals surface area contributed by atoms with Crippen molar-refractivity contribution in [1.82, 2.24) is 4.90 Å². The summed E-state index contributed by atoms with van der Waals surface area (Å²) in [6.45, 7) is 9.18. The molecule has 38 heavy (non-hydrogen) atoms. The highest BCUT2D eigenvalue weighted by Gasteiger charge is 2.33. The summed E-state index contributed by atoms with van der Waals surface area (Å²) >= 11 is 0. The zero-order valence-corrected chi connectivity index (χ0v) is 22.7. The standard InChI is InChI=1S/C30H37NO7/c1-20(11-13-26(32)38-22(3)31-14-16-35-17-15-31)10-12-24-28(34-4)21(2)25-19-37-30(33)27(25)29(24)36-18-23-8-6-5-7-9-23/h5-10,22H,11-19H2,1-4H3/b20-10+. The second kappa shape index (κ2) is 12.9. The van der Waals surface area contributed by atoms with Crippen molar-refractivity contribution < 1.29 is 33.3 Å². The molecule has 0 aromatic heterocycles. The molecule has 2 aromatic carbocycles. The number of rotatable bonds is 11. The van der Waals surface area contributed by atoms with Gasteiger partial charge in [-0.15, -0.1) is 0 Å². The number of morpholine rings is 1. The third-order valence-electron chi connectivity index (χ3n) is 7.09. The highest BCUT2D eigenvalue weighted by molar-refractivity contribution is 5.98. The molecule has 0 N–H and O–H groups in total. The van der Waals surface area contributed by atoms with Gasteiger partial charge in [0.25, 0.3) is 0 Å². The van der Waals surface area contributed by atoms with Crippen LogP contribution >= 0.6 is 0 Å². The Morgan fingerprint density at radius 3 is 2.58 bits per heavy atom. The van der Waals surface area contributed by atoms with E-state index >= 15 is 0 Å². The van der Waals surface area contributed by atoms with Crippen LogP contribution in [0.3, 0.4) is 0 Å². The van der Waals surface area contributed by atoms with E-state index in [2.05, 4.69) is 11.0 Å². The molecule has 0 saturated carbocycles. The fraction of sp³-hybridized carbons (Fsp3) is 0.467. The van der Waals surface area contributed by atoms with E-state index in [1.807, 2.05) is 51.1 Å². The number of methoxy groups -OCH3 is 1. The molecular formula is C30H37NO7. The lowest BCUT2D eigenvalue weighted by atomic mass is 9.94. The smallest absolute Gasteiger partial charge is 0.342 e. The van der Waals surface area contributed by atoms with Crippen molar-refractivity contribution in [3.63, 3.8) is 0 Å². The summed E-state index contributed by atoms with van der Waals surface area (Å²) in [5, 5.41) is 0. The first-order valence-corrected chi connectivity index (χ1v) is 13.1. The zero-order chi connectivity index (χ0) is 27.1. The van der Waals surface area contributed by atoms with Gasteiger partial charge in [0.05, 0.1) is 20.3 Å². The van der Waals surface area contributed by atoms with Crippen molar-refractivity contribution in [3.05, 3.63) is 69.8 Å². The molecule has 1 atom stereocenters. The first-order chi connectivity index (χ1) is 18.4. The highest BCUT2D eigenvalue weighted by atomic mass is 16.6. The maximum Gasteiger partial charge on any atom is 0.342 e. The summed E-state index contributed by atoms with van der Waals surface area (Å²) in [6, 6.07) is 9.81. The monoisotopic (exact) mass is 523 g/mol. The molecule has 8 heteroatoms. The minimum Gasteiger partial charge on any atom is -0.496 e. The largest absolute Gasteiger partial charge is 0.496 e. The first kappa shape index (κ1) is 27.7. The van der Waals surface area contributed by atoms with Gasteiger partial charge >= 0.3 is 11.9 Å². The Morgan fingerprint density at radius 1 is 1.13 bits per heavy atom. The SMILES string of the molecule is COc1c(C)c2c(c(OCc3ccccc3)c1C/C=C(\C)CCC(=O)OC(C)N1CCOCC1)C(=O)OC2. The molecule has 0 aliphatic carbocycles.